The third kappa shape index (κ3) is 3.50. The van der Waals surface area contributed by atoms with E-state index < -0.39 is 0 Å². The Kier molecular flexibility index (Phi) is 4.77. The number of hydrogen-bond donors (Lipinski definition) is 1. The van der Waals surface area contributed by atoms with Crippen LogP contribution in [0.4, 0.5) is 4.39 Å². The zero-order valence-corrected chi connectivity index (χ0v) is 13.0. The molecule has 116 valence electrons. The molecule has 4 nitrogen and oxygen atoms in total. The number of carbonyl (C=O) groups is 1. The number of carbonyl (C=O) groups excluding carboxylic acids is 1. The van der Waals surface area contributed by atoms with Crippen LogP contribution >= 0.6 is 11.8 Å². The summed E-state index contributed by atoms with van der Waals surface area (Å²) in [6, 6.07) is 6.87. The Bertz CT molecular complexity index is 645. The molecule has 0 spiro atoms. The summed E-state index contributed by atoms with van der Waals surface area (Å²) in [5, 5.41) is 7.14. The maximum Gasteiger partial charge on any atom is 0.220 e. The summed E-state index contributed by atoms with van der Waals surface area (Å²) in [6.07, 6.45) is 5.64. The number of aryl methyl sites for hydroxylation is 1. The first-order valence-electron chi connectivity index (χ1n) is 7.42. The lowest BCUT2D eigenvalue weighted by Gasteiger charge is -2.26. The molecule has 1 aromatic carbocycles. The molecule has 1 N–H and O–H groups in total. The van der Waals surface area contributed by atoms with Crippen molar-refractivity contribution in [3.05, 3.63) is 48.0 Å². The summed E-state index contributed by atoms with van der Waals surface area (Å²) >= 11 is 1.52. The van der Waals surface area contributed by atoms with Crippen molar-refractivity contribution in [2.45, 2.75) is 36.7 Å². The Morgan fingerprint density at radius 1 is 1.45 bits per heavy atom. The van der Waals surface area contributed by atoms with Gasteiger partial charge in [0.1, 0.15) is 5.82 Å². The van der Waals surface area contributed by atoms with Crippen molar-refractivity contribution < 1.29 is 9.18 Å². The van der Waals surface area contributed by atoms with Crippen molar-refractivity contribution in [2.24, 2.45) is 0 Å². The van der Waals surface area contributed by atoms with Crippen LogP contribution in [0.1, 0.15) is 30.9 Å². The largest absolute Gasteiger partial charge is 0.349 e. The monoisotopic (exact) mass is 319 g/mol. The van der Waals surface area contributed by atoms with Gasteiger partial charge < -0.3 is 5.32 Å². The Morgan fingerprint density at radius 3 is 3.18 bits per heavy atom. The van der Waals surface area contributed by atoms with Crippen LogP contribution in [-0.4, -0.2) is 21.4 Å². The number of amides is 1. The molecule has 22 heavy (non-hydrogen) atoms. The summed E-state index contributed by atoms with van der Waals surface area (Å²) in [6.45, 7) is 0.728. The lowest BCUT2D eigenvalue weighted by Crippen LogP contribution is -2.30. The van der Waals surface area contributed by atoms with E-state index in [2.05, 4.69) is 10.4 Å². The van der Waals surface area contributed by atoms with E-state index in [1.165, 1.54) is 17.8 Å². The number of rotatable bonds is 5. The minimum Gasteiger partial charge on any atom is -0.349 e. The zero-order chi connectivity index (χ0) is 15.4. The van der Waals surface area contributed by atoms with Gasteiger partial charge in [-0.05, 0) is 30.5 Å². The highest BCUT2D eigenvalue weighted by Crippen LogP contribution is 2.37. The molecule has 1 atom stereocenters. The lowest BCUT2D eigenvalue weighted by molar-refractivity contribution is -0.122. The normalized spacial score (nSPS) is 17.0. The van der Waals surface area contributed by atoms with Gasteiger partial charge in [0.2, 0.25) is 5.91 Å². The number of halogens is 1. The van der Waals surface area contributed by atoms with Gasteiger partial charge in [-0.2, -0.15) is 5.10 Å². The third-order valence-electron chi connectivity index (χ3n) is 3.71. The van der Waals surface area contributed by atoms with E-state index in [9.17, 15) is 9.18 Å². The molecule has 0 radical (unpaired) electrons. The van der Waals surface area contributed by atoms with E-state index in [0.717, 1.165) is 30.7 Å². The minimum absolute atomic E-state index is 0.0132. The zero-order valence-electron chi connectivity index (χ0n) is 12.2. The molecule has 0 saturated heterocycles. The first-order valence-corrected chi connectivity index (χ1v) is 8.40. The van der Waals surface area contributed by atoms with Crippen LogP contribution < -0.4 is 5.32 Å². The molecular formula is C16H18FN3OS. The number of thioether (sulfide) groups is 1. The standard InChI is InChI=1S/C16H18FN3OS/c17-13-5-1-4-12-14(7-11-22-16(12)13)19-15(21)6-2-9-20-10-3-8-18-20/h1,3-5,8,10,14H,2,6-7,9,11H2,(H,19,21)/t14-/m0/s1. The van der Waals surface area contributed by atoms with Crippen LogP contribution in [0.2, 0.25) is 0 Å². The smallest absolute Gasteiger partial charge is 0.220 e. The molecule has 3 rings (SSSR count). The van der Waals surface area contributed by atoms with Crippen LogP contribution in [0.5, 0.6) is 0 Å². The third-order valence-corrected chi connectivity index (χ3v) is 4.87. The van der Waals surface area contributed by atoms with Crippen molar-refractivity contribution in [2.75, 3.05) is 5.75 Å². The van der Waals surface area contributed by atoms with E-state index in [-0.39, 0.29) is 17.8 Å². The molecule has 1 aromatic heterocycles. The van der Waals surface area contributed by atoms with Crippen LogP contribution in [-0.2, 0) is 11.3 Å². The second kappa shape index (κ2) is 6.96. The van der Waals surface area contributed by atoms with Crippen molar-refractivity contribution >= 4 is 17.7 Å². The molecule has 1 aliphatic heterocycles. The molecule has 6 heteroatoms. The molecule has 2 heterocycles. The molecular weight excluding hydrogens is 301 g/mol. The number of nitrogens with zero attached hydrogens (tertiary/aromatic N) is 2. The molecule has 0 fully saturated rings. The molecule has 0 aliphatic carbocycles. The van der Waals surface area contributed by atoms with E-state index in [0.29, 0.717) is 11.3 Å². The molecule has 2 aromatic rings. The van der Waals surface area contributed by atoms with Crippen LogP contribution in [0, 0.1) is 5.82 Å². The number of benzene rings is 1. The summed E-state index contributed by atoms with van der Waals surface area (Å²) in [5.41, 5.74) is 0.900. The Labute approximate surface area is 133 Å². The fraction of sp³-hybridized carbons (Fsp3) is 0.375. The number of nitrogens with one attached hydrogen (secondary N) is 1. The van der Waals surface area contributed by atoms with Gasteiger partial charge in [0.25, 0.3) is 0 Å². The molecule has 1 amide bonds. The first-order chi connectivity index (χ1) is 10.7. The van der Waals surface area contributed by atoms with Gasteiger partial charge in [-0.1, -0.05) is 12.1 Å². The van der Waals surface area contributed by atoms with E-state index in [1.54, 1.807) is 12.3 Å². The predicted octanol–water partition coefficient (Wildman–Crippen LogP) is 3.16. The SMILES string of the molecule is O=C(CCCn1cccn1)N[C@H]1CCSc2c(F)cccc21. The summed E-state index contributed by atoms with van der Waals surface area (Å²) in [5.74, 6) is 0.644. The van der Waals surface area contributed by atoms with Gasteiger partial charge in [0, 0.05) is 36.0 Å². The van der Waals surface area contributed by atoms with Crippen LogP contribution in [0.25, 0.3) is 0 Å². The Morgan fingerprint density at radius 2 is 2.36 bits per heavy atom. The number of hydrogen-bond acceptors (Lipinski definition) is 3. The second-order valence-electron chi connectivity index (χ2n) is 5.29. The Balaban J connectivity index is 1.55. The van der Waals surface area contributed by atoms with Gasteiger partial charge in [-0.3, -0.25) is 9.48 Å². The average molecular weight is 319 g/mol. The summed E-state index contributed by atoms with van der Waals surface area (Å²) in [7, 11) is 0. The summed E-state index contributed by atoms with van der Waals surface area (Å²) in [4.78, 5) is 12.8. The van der Waals surface area contributed by atoms with Gasteiger partial charge in [0.05, 0.1) is 6.04 Å². The van der Waals surface area contributed by atoms with E-state index in [4.69, 9.17) is 0 Å². The minimum atomic E-state index is -0.194. The van der Waals surface area contributed by atoms with E-state index >= 15 is 0 Å². The second-order valence-corrected chi connectivity index (χ2v) is 6.39. The topological polar surface area (TPSA) is 46.9 Å². The molecule has 0 saturated carbocycles. The molecule has 0 unspecified atom stereocenters. The quantitative estimate of drug-likeness (QED) is 0.921. The highest BCUT2D eigenvalue weighted by molar-refractivity contribution is 7.99. The van der Waals surface area contributed by atoms with Crippen molar-refractivity contribution in [1.82, 2.24) is 15.1 Å². The predicted molar refractivity (Wildman–Crippen MR) is 84.1 cm³/mol. The fourth-order valence-electron chi connectivity index (χ4n) is 2.64. The summed E-state index contributed by atoms with van der Waals surface area (Å²) < 4.78 is 15.6. The van der Waals surface area contributed by atoms with Gasteiger partial charge in [0.15, 0.2) is 0 Å². The number of aromatic nitrogens is 2. The maximum absolute atomic E-state index is 13.8. The Hall–Kier alpha value is -1.82. The lowest BCUT2D eigenvalue weighted by atomic mass is 10.0. The van der Waals surface area contributed by atoms with Crippen molar-refractivity contribution in [1.29, 1.82) is 0 Å². The van der Waals surface area contributed by atoms with Crippen molar-refractivity contribution in [3.8, 4) is 0 Å². The van der Waals surface area contributed by atoms with Gasteiger partial charge in [-0.25, -0.2) is 4.39 Å². The molecule has 0 bridgehead atoms. The highest BCUT2D eigenvalue weighted by atomic mass is 32.2. The maximum atomic E-state index is 13.8. The van der Waals surface area contributed by atoms with Gasteiger partial charge >= 0.3 is 0 Å². The molecule has 1 aliphatic rings. The average Bonchev–Trinajstić information content (AvgIpc) is 3.02. The first kappa shape index (κ1) is 15.1. The van der Waals surface area contributed by atoms with Crippen molar-refractivity contribution in [3.63, 3.8) is 0 Å². The fourth-order valence-corrected chi connectivity index (χ4v) is 3.78. The van der Waals surface area contributed by atoms with Gasteiger partial charge in [-0.15, -0.1) is 11.8 Å². The number of fused-ring (bicyclic) bond motifs is 1. The van der Waals surface area contributed by atoms with Crippen LogP contribution in [0.15, 0.2) is 41.6 Å². The highest BCUT2D eigenvalue weighted by Gasteiger charge is 2.24. The van der Waals surface area contributed by atoms with E-state index in [1.807, 2.05) is 23.0 Å². The van der Waals surface area contributed by atoms with Crippen LogP contribution in [0.3, 0.4) is 0 Å².